The van der Waals surface area contributed by atoms with E-state index in [4.69, 9.17) is 4.74 Å². The predicted octanol–water partition coefficient (Wildman–Crippen LogP) is 1.32. The van der Waals surface area contributed by atoms with Gasteiger partial charge < -0.3 is 15.4 Å². The fraction of sp³-hybridized carbons (Fsp3) is 0.500. The molecule has 1 aromatic rings. The van der Waals surface area contributed by atoms with Gasteiger partial charge in [-0.05, 0) is 38.4 Å². The van der Waals surface area contributed by atoms with Gasteiger partial charge in [-0.1, -0.05) is 18.2 Å². The van der Waals surface area contributed by atoms with Crippen LogP contribution in [0.15, 0.2) is 30.3 Å². The van der Waals surface area contributed by atoms with Gasteiger partial charge in [-0.2, -0.15) is 0 Å². The number of para-hydroxylation sites is 1. The molecule has 2 rings (SSSR count). The number of nitrogens with one attached hydrogen (secondary N) is 2. The lowest BCUT2D eigenvalue weighted by Gasteiger charge is -2.23. The first kappa shape index (κ1) is 12.9. The van der Waals surface area contributed by atoms with Crippen molar-refractivity contribution >= 4 is 5.91 Å². The summed E-state index contributed by atoms with van der Waals surface area (Å²) >= 11 is 0. The van der Waals surface area contributed by atoms with Crippen LogP contribution in [0.2, 0.25) is 0 Å². The second-order valence-corrected chi connectivity index (χ2v) is 4.78. The summed E-state index contributed by atoms with van der Waals surface area (Å²) in [6.07, 6.45) is 1.96. The minimum absolute atomic E-state index is 0.0664. The molecule has 1 fully saturated rings. The molecular weight excluding hydrogens is 228 g/mol. The van der Waals surface area contributed by atoms with Crippen molar-refractivity contribution in [3.05, 3.63) is 30.3 Å². The summed E-state index contributed by atoms with van der Waals surface area (Å²) in [5.41, 5.74) is -0.396. The summed E-state index contributed by atoms with van der Waals surface area (Å²) in [7, 11) is 0. The van der Waals surface area contributed by atoms with Gasteiger partial charge in [-0.3, -0.25) is 4.79 Å². The van der Waals surface area contributed by atoms with Crippen LogP contribution in [-0.4, -0.2) is 31.1 Å². The van der Waals surface area contributed by atoms with E-state index in [0.29, 0.717) is 13.2 Å². The minimum atomic E-state index is -0.396. The van der Waals surface area contributed by atoms with E-state index in [1.165, 1.54) is 0 Å². The summed E-state index contributed by atoms with van der Waals surface area (Å²) in [6.45, 7) is 3.90. The summed E-state index contributed by atoms with van der Waals surface area (Å²) in [4.78, 5) is 11.9. The van der Waals surface area contributed by atoms with Crippen molar-refractivity contribution in [2.24, 2.45) is 0 Å². The summed E-state index contributed by atoms with van der Waals surface area (Å²) in [5.74, 6) is 0.897. The Balaban J connectivity index is 1.68. The quantitative estimate of drug-likeness (QED) is 0.773. The van der Waals surface area contributed by atoms with Crippen molar-refractivity contribution < 1.29 is 9.53 Å². The molecule has 1 heterocycles. The van der Waals surface area contributed by atoms with Gasteiger partial charge in [0.1, 0.15) is 12.4 Å². The maximum absolute atomic E-state index is 11.9. The lowest BCUT2D eigenvalue weighted by atomic mass is 9.99. The summed E-state index contributed by atoms with van der Waals surface area (Å²) in [6, 6.07) is 9.61. The van der Waals surface area contributed by atoms with Gasteiger partial charge >= 0.3 is 0 Å². The van der Waals surface area contributed by atoms with Crippen molar-refractivity contribution in [3.63, 3.8) is 0 Å². The Kier molecular flexibility index (Phi) is 4.20. The van der Waals surface area contributed by atoms with E-state index in [0.717, 1.165) is 25.1 Å². The number of ether oxygens (including phenoxy) is 1. The van der Waals surface area contributed by atoms with Gasteiger partial charge in [-0.25, -0.2) is 0 Å². The van der Waals surface area contributed by atoms with Gasteiger partial charge in [0.2, 0.25) is 5.91 Å². The molecule has 1 unspecified atom stereocenters. The van der Waals surface area contributed by atoms with Crippen molar-refractivity contribution in [2.45, 2.75) is 25.3 Å². The van der Waals surface area contributed by atoms with E-state index in [1.807, 2.05) is 37.3 Å². The fourth-order valence-corrected chi connectivity index (χ4v) is 2.13. The average Bonchev–Trinajstić information content (AvgIpc) is 2.84. The zero-order valence-corrected chi connectivity index (χ0v) is 10.7. The van der Waals surface area contributed by atoms with Crippen LogP contribution in [-0.2, 0) is 4.79 Å². The SMILES string of the molecule is CC1(C(=O)NCCOc2ccccc2)CCCN1. The topological polar surface area (TPSA) is 50.4 Å². The summed E-state index contributed by atoms with van der Waals surface area (Å²) in [5, 5.41) is 6.15. The number of hydrogen-bond acceptors (Lipinski definition) is 3. The molecule has 1 amide bonds. The molecule has 0 aromatic heterocycles. The fourth-order valence-electron chi connectivity index (χ4n) is 2.13. The molecule has 4 heteroatoms. The molecule has 0 spiro atoms. The number of benzene rings is 1. The number of hydrogen-bond donors (Lipinski definition) is 2. The minimum Gasteiger partial charge on any atom is -0.492 e. The molecule has 98 valence electrons. The van der Waals surface area contributed by atoms with Crippen LogP contribution in [0.4, 0.5) is 0 Å². The first-order valence-corrected chi connectivity index (χ1v) is 6.42. The van der Waals surface area contributed by atoms with Crippen LogP contribution in [0.3, 0.4) is 0 Å². The van der Waals surface area contributed by atoms with Crippen LogP contribution >= 0.6 is 0 Å². The maximum Gasteiger partial charge on any atom is 0.240 e. The Morgan fingerprint density at radius 2 is 2.22 bits per heavy atom. The Bertz CT molecular complexity index is 386. The Morgan fingerprint density at radius 1 is 1.44 bits per heavy atom. The van der Waals surface area contributed by atoms with Gasteiger partial charge in [0.25, 0.3) is 0 Å². The van der Waals surface area contributed by atoms with Gasteiger partial charge in [0.05, 0.1) is 12.1 Å². The van der Waals surface area contributed by atoms with Crippen LogP contribution in [0.1, 0.15) is 19.8 Å². The second-order valence-electron chi connectivity index (χ2n) is 4.78. The van der Waals surface area contributed by atoms with E-state index >= 15 is 0 Å². The lowest BCUT2D eigenvalue weighted by Crippen LogP contribution is -2.51. The normalized spacial score (nSPS) is 22.7. The Labute approximate surface area is 108 Å². The Morgan fingerprint density at radius 3 is 2.89 bits per heavy atom. The lowest BCUT2D eigenvalue weighted by molar-refractivity contribution is -0.126. The first-order chi connectivity index (χ1) is 8.71. The number of carbonyl (C=O) groups is 1. The molecule has 0 radical (unpaired) electrons. The van der Waals surface area contributed by atoms with E-state index in [9.17, 15) is 4.79 Å². The zero-order valence-electron chi connectivity index (χ0n) is 10.7. The molecular formula is C14H20N2O2. The highest BCUT2D eigenvalue weighted by molar-refractivity contribution is 5.86. The van der Waals surface area contributed by atoms with Crippen LogP contribution in [0.5, 0.6) is 5.75 Å². The number of carbonyl (C=O) groups excluding carboxylic acids is 1. The standard InChI is InChI=1S/C14H20N2O2/c1-14(8-5-9-16-14)13(17)15-10-11-18-12-6-3-2-4-7-12/h2-4,6-7,16H,5,8-11H2,1H3,(H,15,17). The molecule has 2 N–H and O–H groups in total. The molecule has 1 atom stereocenters. The highest BCUT2D eigenvalue weighted by Gasteiger charge is 2.35. The third kappa shape index (κ3) is 3.23. The van der Waals surface area contributed by atoms with E-state index in [-0.39, 0.29) is 5.91 Å². The molecule has 0 aliphatic carbocycles. The monoisotopic (exact) mass is 248 g/mol. The molecule has 1 aromatic carbocycles. The number of rotatable bonds is 5. The second kappa shape index (κ2) is 5.87. The molecule has 4 nitrogen and oxygen atoms in total. The molecule has 1 aliphatic rings. The smallest absolute Gasteiger partial charge is 0.240 e. The molecule has 1 aliphatic heterocycles. The van der Waals surface area contributed by atoms with E-state index < -0.39 is 5.54 Å². The molecule has 18 heavy (non-hydrogen) atoms. The highest BCUT2D eigenvalue weighted by Crippen LogP contribution is 2.18. The third-order valence-electron chi connectivity index (χ3n) is 3.27. The Hall–Kier alpha value is -1.55. The molecule has 1 saturated heterocycles. The van der Waals surface area contributed by atoms with Crippen LogP contribution in [0, 0.1) is 0 Å². The van der Waals surface area contributed by atoms with Gasteiger partial charge in [-0.15, -0.1) is 0 Å². The highest BCUT2D eigenvalue weighted by atomic mass is 16.5. The van der Waals surface area contributed by atoms with Crippen molar-refractivity contribution in [1.29, 1.82) is 0 Å². The first-order valence-electron chi connectivity index (χ1n) is 6.42. The average molecular weight is 248 g/mol. The van der Waals surface area contributed by atoms with Gasteiger partial charge in [0, 0.05) is 0 Å². The maximum atomic E-state index is 11.9. The number of amides is 1. The van der Waals surface area contributed by atoms with Crippen molar-refractivity contribution in [1.82, 2.24) is 10.6 Å². The largest absolute Gasteiger partial charge is 0.492 e. The molecule has 0 bridgehead atoms. The van der Waals surface area contributed by atoms with E-state index in [2.05, 4.69) is 10.6 Å². The van der Waals surface area contributed by atoms with Gasteiger partial charge in [0.15, 0.2) is 0 Å². The zero-order chi connectivity index (χ0) is 12.8. The van der Waals surface area contributed by atoms with Crippen molar-refractivity contribution in [3.8, 4) is 5.75 Å². The predicted molar refractivity (Wildman–Crippen MR) is 70.6 cm³/mol. The van der Waals surface area contributed by atoms with E-state index in [1.54, 1.807) is 0 Å². The third-order valence-corrected chi connectivity index (χ3v) is 3.27. The van der Waals surface area contributed by atoms with Crippen LogP contribution in [0.25, 0.3) is 0 Å². The van der Waals surface area contributed by atoms with Crippen molar-refractivity contribution in [2.75, 3.05) is 19.7 Å². The summed E-state index contributed by atoms with van der Waals surface area (Å²) < 4.78 is 5.52. The molecule has 0 saturated carbocycles. The van der Waals surface area contributed by atoms with Crippen LogP contribution < -0.4 is 15.4 Å².